The molecule has 1 aromatic rings. The standard InChI is InChI=1S/C14H25N5O2/c1-5-11-8-12(19(7-3)16-11)14(20)18(6-2)9-10(4)13(15)17-21/h8,10,21H,5-7,9H2,1-4H3,(H2,15,17). The molecule has 0 radical (unpaired) electrons. The topological polar surface area (TPSA) is 96.7 Å². The average Bonchev–Trinajstić information content (AvgIpc) is 2.94. The smallest absolute Gasteiger partial charge is 0.272 e. The zero-order chi connectivity index (χ0) is 16.0. The molecule has 1 amide bonds. The third-order valence-corrected chi connectivity index (χ3v) is 3.50. The second kappa shape index (κ2) is 7.66. The molecule has 0 aliphatic heterocycles. The van der Waals surface area contributed by atoms with Gasteiger partial charge in [0.25, 0.3) is 5.91 Å². The normalized spacial score (nSPS) is 13.2. The summed E-state index contributed by atoms with van der Waals surface area (Å²) in [5.41, 5.74) is 7.07. The maximum absolute atomic E-state index is 12.7. The first-order valence-corrected chi connectivity index (χ1v) is 7.31. The highest BCUT2D eigenvalue weighted by atomic mass is 16.4. The predicted octanol–water partition coefficient (Wildman–Crippen LogP) is 1.31. The molecule has 0 aliphatic rings. The second-order valence-corrected chi connectivity index (χ2v) is 4.96. The third kappa shape index (κ3) is 3.96. The first kappa shape index (κ1) is 17.0. The van der Waals surface area contributed by atoms with Crippen LogP contribution in [0.2, 0.25) is 0 Å². The van der Waals surface area contributed by atoms with Crippen LogP contribution in [-0.4, -0.2) is 44.7 Å². The van der Waals surface area contributed by atoms with Crippen LogP contribution in [0.15, 0.2) is 11.2 Å². The lowest BCUT2D eigenvalue weighted by atomic mass is 10.1. The number of aromatic nitrogens is 2. The van der Waals surface area contributed by atoms with Gasteiger partial charge >= 0.3 is 0 Å². The highest BCUT2D eigenvalue weighted by molar-refractivity contribution is 5.93. The second-order valence-electron chi connectivity index (χ2n) is 4.96. The first-order valence-electron chi connectivity index (χ1n) is 7.31. The molecule has 1 aromatic heterocycles. The van der Waals surface area contributed by atoms with Crippen molar-refractivity contribution in [2.45, 2.75) is 40.7 Å². The first-order chi connectivity index (χ1) is 9.98. The Morgan fingerprint density at radius 3 is 2.67 bits per heavy atom. The molecule has 0 saturated carbocycles. The molecule has 0 aromatic carbocycles. The highest BCUT2D eigenvalue weighted by Gasteiger charge is 2.22. The predicted molar refractivity (Wildman–Crippen MR) is 81.4 cm³/mol. The van der Waals surface area contributed by atoms with Crippen molar-refractivity contribution in [3.8, 4) is 0 Å². The molecular formula is C14H25N5O2. The van der Waals surface area contributed by atoms with Gasteiger partial charge < -0.3 is 15.8 Å². The summed E-state index contributed by atoms with van der Waals surface area (Å²) < 4.78 is 1.72. The summed E-state index contributed by atoms with van der Waals surface area (Å²) in [6.07, 6.45) is 0.792. The van der Waals surface area contributed by atoms with Crippen molar-refractivity contribution in [3.05, 3.63) is 17.5 Å². The minimum atomic E-state index is -0.206. The zero-order valence-corrected chi connectivity index (χ0v) is 13.2. The van der Waals surface area contributed by atoms with Crippen LogP contribution in [0.3, 0.4) is 0 Å². The highest BCUT2D eigenvalue weighted by Crippen LogP contribution is 2.11. The Labute approximate surface area is 125 Å². The van der Waals surface area contributed by atoms with E-state index in [-0.39, 0.29) is 17.7 Å². The summed E-state index contributed by atoms with van der Waals surface area (Å²) >= 11 is 0. The monoisotopic (exact) mass is 295 g/mol. The molecule has 1 rings (SSSR count). The van der Waals surface area contributed by atoms with Gasteiger partial charge in [0, 0.05) is 25.6 Å². The lowest BCUT2D eigenvalue weighted by molar-refractivity contribution is 0.0741. The van der Waals surface area contributed by atoms with Gasteiger partial charge in [-0.25, -0.2) is 0 Å². The van der Waals surface area contributed by atoms with E-state index in [1.54, 1.807) is 9.58 Å². The molecule has 0 aliphatic carbocycles. The van der Waals surface area contributed by atoms with Gasteiger partial charge in [-0.3, -0.25) is 9.48 Å². The van der Waals surface area contributed by atoms with E-state index in [1.165, 1.54) is 0 Å². The lowest BCUT2D eigenvalue weighted by Gasteiger charge is -2.24. The maximum Gasteiger partial charge on any atom is 0.272 e. The van der Waals surface area contributed by atoms with Gasteiger partial charge in [-0.15, -0.1) is 0 Å². The van der Waals surface area contributed by atoms with Gasteiger partial charge in [-0.2, -0.15) is 5.10 Å². The van der Waals surface area contributed by atoms with Crippen LogP contribution in [-0.2, 0) is 13.0 Å². The van der Waals surface area contributed by atoms with E-state index in [1.807, 2.05) is 33.8 Å². The molecule has 7 nitrogen and oxygen atoms in total. The van der Waals surface area contributed by atoms with E-state index in [9.17, 15) is 4.79 Å². The van der Waals surface area contributed by atoms with Crippen molar-refractivity contribution in [2.75, 3.05) is 13.1 Å². The van der Waals surface area contributed by atoms with Crippen molar-refractivity contribution in [1.29, 1.82) is 0 Å². The van der Waals surface area contributed by atoms with E-state index in [4.69, 9.17) is 10.9 Å². The van der Waals surface area contributed by atoms with Crippen molar-refractivity contribution in [1.82, 2.24) is 14.7 Å². The minimum absolute atomic E-state index is 0.0795. The van der Waals surface area contributed by atoms with Crippen LogP contribution >= 0.6 is 0 Å². The Bertz CT molecular complexity index is 509. The zero-order valence-electron chi connectivity index (χ0n) is 13.2. The molecule has 1 heterocycles. The molecule has 0 saturated heterocycles. The van der Waals surface area contributed by atoms with E-state index in [0.29, 0.717) is 25.3 Å². The Balaban J connectivity index is 2.95. The summed E-state index contributed by atoms with van der Waals surface area (Å²) in [6.45, 7) is 9.30. The number of carbonyl (C=O) groups excluding carboxylic acids is 1. The number of oxime groups is 1. The van der Waals surface area contributed by atoms with Gasteiger partial charge in [0.05, 0.1) is 5.69 Å². The summed E-state index contributed by atoms with van der Waals surface area (Å²) in [5, 5.41) is 16.1. The Morgan fingerprint density at radius 2 is 2.19 bits per heavy atom. The van der Waals surface area contributed by atoms with Gasteiger partial charge in [-0.05, 0) is 26.3 Å². The Hall–Kier alpha value is -2.05. The summed E-state index contributed by atoms with van der Waals surface area (Å²) in [5.74, 6) is -0.161. The van der Waals surface area contributed by atoms with Crippen LogP contribution in [0.25, 0.3) is 0 Å². The SMILES string of the molecule is CCc1cc(C(=O)N(CC)CC(C)C(N)=NO)n(CC)n1. The largest absolute Gasteiger partial charge is 0.409 e. The fraction of sp³-hybridized carbons (Fsp3) is 0.643. The molecule has 0 fully saturated rings. The van der Waals surface area contributed by atoms with Crippen molar-refractivity contribution >= 4 is 11.7 Å². The van der Waals surface area contributed by atoms with E-state index < -0.39 is 0 Å². The van der Waals surface area contributed by atoms with E-state index in [2.05, 4.69) is 10.3 Å². The fourth-order valence-corrected chi connectivity index (χ4v) is 2.10. The number of carbonyl (C=O) groups is 1. The van der Waals surface area contributed by atoms with Crippen LogP contribution in [0.1, 0.15) is 43.9 Å². The maximum atomic E-state index is 12.7. The number of hydrogen-bond acceptors (Lipinski definition) is 4. The Morgan fingerprint density at radius 1 is 1.52 bits per heavy atom. The number of amidine groups is 1. The summed E-state index contributed by atoms with van der Waals surface area (Å²) in [6, 6.07) is 1.84. The third-order valence-electron chi connectivity index (χ3n) is 3.50. The van der Waals surface area contributed by atoms with Gasteiger partial charge in [-0.1, -0.05) is 19.0 Å². The lowest BCUT2D eigenvalue weighted by Crippen LogP contribution is -2.39. The number of nitrogens with zero attached hydrogens (tertiary/aromatic N) is 4. The van der Waals surface area contributed by atoms with Crippen LogP contribution < -0.4 is 5.73 Å². The van der Waals surface area contributed by atoms with Crippen LogP contribution in [0, 0.1) is 5.92 Å². The molecule has 1 unspecified atom stereocenters. The van der Waals surface area contributed by atoms with Crippen molar-refractivity contribution in [2.24, 2.45) is 16.8 Å². The molecule has 0 spiro atoms. The fourth-order valence-electron chi connectivity index (χ4n) is 2.10. The number of amides is 1. The number of nitrogens with two attached hydrogens (primary N) is 1. The quantitative estimate of drug-likeness (QED) is 0.343. The molecule has 7 heteroatoms. The van der Waals surface area contributed by atoms with Gasteiger partial charge in [0.15, 0.2) is 0 Å². The van der Waals surface area contributed by atoms with Crippen LogP contribution in [0.5, 0.6) is 0 Å². The van der Waals surface area contributed by atoms with E-state index >= 15 is 0 Å². The molecule has 0 bridgehead atoms. The minimum Gasteiger partial charge on any atom is -0.409 e. The molecule has 3 N–H and O–H groups in total. The number of rotatable bonds is 7. The molecule has 1 atom stereocenters. The van der Waals surface area contributed by atoms with E-state index in [0.717, 1.165) is 12.1 Å². The van der Waals surface area contributed by atoms with Crippen molar-refractivity contribution in [3.63, 3.8) is 0 Å². The molecule has 118 valence electrons. The number of hydrogen-bond donors (Lipinski definition) is 2. The Kier molecular flexibility index (Phi) is 6.20. The average molecular weight is 295 g/mol. The van der Waals surface area contributed by atoms with Crippen molar-refractivity contribution < 1.29 is 10.0 Å². The van der Waals surface area contributed by atoms with Crippen LogP contribution in [0.4, 0.5) is 0 Å². The molecular weight excluding hydrogens is 270 g/mol. The summed E-state index contributed by atoms with van der Waals surface area (Å²) in [4.78, 5) is 14.3. The molecule has 21 heavy (non-hydrogen) atoms. The summed E-state index contributed by atoms with van der Waals surface area (Å²) in [7, 11) is 0. The van der Waals surface area contributed by atoms with Gasteiger partial charge in [0.2, 0.25) is 0 Å². The number of aryl methyl sites for hydroxylation is 2. The van der Waals surface area contributed by atoms with Gasteiger partial charge in [0.1, 0.15) is 11.5 Å².